The first kappa shape index (κ1) is 82.7. The van der Waals surface area contributed by atoms with Crippen LogP contribution in [0.25, 0.3) is 44.5 Å². The molecule has 0 radical (unpaired) electrons. The standard InChI is InChI=1S/C32H29ClN6O2.C32H30N8O2S.C27H21N7O2/c1-39(2)16-6-9-25(40)18-21-7-5-8-22(17-21)31(41)36-23-12-14-24(15-13-23)37-32-35-20-28(33)30(38-32)27-19-34-29-11-4-3-10-26(27)29;1-40(2)18-6-11-29(41)35-24-8-5-7-21(19-24)30(42)36-22-12-14-23(15-13-22)37-32-34-17-16-26(39-32)25(20-33)31-38-27-9-3-4-10-28(27)43-31;1-2-24(35)31-22-5-3-4-18(15-22)26(36)32-20-6-8-21(9-7-20)33-27-29-13-11-23(34-27)19-14-17-10-12-28-25(17)30-16-19/h3-15,17,19-20,34H,16,18H2,1-2H3,(H,36,41)(H,35,37,38);3-17,19,25,31,38H,18H2,1-2H3,(H,35,41)(H,36,42)(H,34,37,39);2-16H,1H2,(H,28,30)(H,31,35)(H,32,36)(H,29,33,34)/b9-6+;11-6+;. The summed E-state index contributed by atoms with van der Waals surface area (Å²) < 4.78 is 0. The quantitative estimate of drug-likeness (QED) is 0.0213. The third-order valence-corrected chi connectivity index (χ3v) is 19.6. The molecule has 0 saturated heterocycles. The van der Waals surface area contributed by atoms with E-state index in [0.29, 0.717) is 92.5 Å². The molecule has 1 aliphatic rings. The van der Waals surface area contributed by atoms with Gasteiger partial charge in [0.05, 0.1) is 39.7 Å². The van der Waals surface area contributed by atoms with Crippen molar-refractivity contribution in [1.29, 1.82) is 5.26 Å². The first-order chi connectivity index (χ1) is 58.3. The molecule has 2 unspecified atom stereocenters. The van der Waals surface area contributed by atoms with E-state index in [2.05, 4.69) is 105 Å². The SMILES string of the molecule is C=CC(=O)Nc1cccc(C(=O)Nc2ccc(Nc3nccc(-c4cnc5[nH]ccc5c4)n3)cc2)c1.CN(C)C/C=C/C(=O)Cc1cccc(C(=O)Nc2ccc(Nc3ncc(Cl)c(-c4c[nH]c5ccccc45)n3)cc2)c1.CN(C)C/C=C/C(=O)Nc1cccc(C(=O)Nc2ccc(Nc3nccc(C(C#N)C4Nc5ccccc5S4)n3)cc2)c1. The number of nitrogens with zero attached hydrogens (tertiary/aromatic N) is 10. The summed E-state index contributed by atoms with van der Waals surface area (Å²) in [6.45, 7) is 4.77. The first-order valence-corrected chi connectivity index (χ1v) is 38.9. The van der Waals surface area contributed by atoms with Crippen LogP contribution in [0.5, 0.6) is 0 Å². The van der Waals surface area contributed by atoms with E-state index in [1.54, 1.807) is 170 Å². The maximum absolute atomic E-state index is 12.9. The van der Waals surface area contributed by atoms with Crippen LogP contribution in [-0.2, 0) is 20.8 Å². The molecule has 8 aromatic carbocycles. The molecular weight excluding hydrogens is 1550 g/mol. The number of aromatic nitrogens is 9. The van der Waals surface area contributed by atoms with Crippen molar-refractivity contribution in [3.63, 3.8) is 0 Å². The van der Waals surface area contributed by atoms with Crippen LogP contribution < -0.4 is 47.9 Å². The first-order valence-electron chi connectivity index (χ1n) is 37.7. The molecule has 0 saturated carbocycles. The van der Waals surface area contributed by atoms with Gasteiger partial charge in [0.2, 0.25) is 29.7 Å². The molecule has 0 spiro atoms. The Hall–Kier alpha value is -15.3. The van der Waals surface area contributed by atoms with E-state index < -0.39 is 5.92 Å². The van der Waals surface area contributed by atoms with E-state index in [0.717, 1.165) is 72.0 Å². The predicted molar refractivity (Wildman–Crippen MR) is 475 cm³/mol. The monoisotopic (exact) mass is 1630 g/mol. The lowest BCUT2D eigenvalue weighted by Gasteiger charge is -2.17. The molecule has 11 N–H and O–H groups in total. The second-order valence-electron chi connectivity index (χ2n) is 27.6. The third kappa shape index (κ3) is 22.8. The van der Waals surface area contributed by atoms with Crippen molar-refractivity contribution in [2.45, 2.75) is 22.6 Å². The highest BCUT2D eigenvalue weighted by Crippen LogP contribution is 2.44. The zero-order valence-electron chi connectivity index (χ0n) is 65.3. The molecule has 29 heteroatoms. The van der Waals surface area contributed by atoms with E-state index in [9.17, 15) is 34.0 Å². The van der Waals surface area contributed by atoms with E-state index in [-0.39, 0.29) is 47.1 Å². The van der Waals surface area contributed by atoms with Crippen LogP contribution in [0.15, 0.2) is 297 Å². The zero-order chi connectivity index (χ0) is 83.9. The van der Waals surface area contributed by atoms with Crippen LogP contribution >= 0.6 is 23.4 Å². The van der Waals surface area contributed by atoms with Crippen LogP contribution in [0.3, 0.4) is 0 Å². The van der Waals surface area contributed by atoms with Gasteiger partial charge in [-0.05, 0) is 210 Å². The number of carbonyl (C=O) groups excluding carboxylic acids is 6. The molecular formula is C91H80ClN21O6S. The molecule has 1 aliphatic heterocycles. The highest BCUT2D eigenvalue weighted by Gasteiger charge is 2.31. The number of rotatable bonds is 27. The Morgan fingerprint density at radius 1 is 0.542 bits per heavy atom. The van der Waals surface area contributed by atoms with Gasteiger partial charge in [-0.3, -0.25) is 28.8 Å². The topological polar surface area (TPSA) is 363 Å². The van der Waals surface area contributed by atoms with E-state index in [4.69, 9.17) is 11.6 Å². The van der Waals surface area contributed by atoms with E-state index in [1.165, 1.54) is 12.2 Å². The van der Waals surface area contributed by atoms with Gasteiger partial charge in [-0.1, -0.05) is 96.7 Å². The largest absolute Gasteiger partial charge is 0.371 e. The fraction of sp³-hybridized carbons (Fsp3) is 0.0989. The lowest BCUT2D eigenvalue weighted by Crippen LogP contribution is -2.20. The van der Waals surface area contributed by atoms with Crippen LogP contribution in [0.2, 0.25) is 5.02 Å². The van der Waals surface area contributed by atoms with Crippen molar-refractivity contribution >= 4 is 150 Å². The maximum atomic E-state index is 12.9. The number of hydrogen-bond donors (Lipinski definition) is 11. The van der Waals surface area contributed by atoms with Crippen LogP contribution in [-0.4, -0.2) is 137 Å². The maximum Gasteiger partial charge on any atom is 0.255 e. The van der Waals surface area contributed by atoms with Gasteiger partial charge >= 0.3 is 0 Å². The van der Waals surface area contributed by atoms with Crippen LogP contribution in [0, 0.1) is 11.3 Å². The number of fused-ring (bicyclic) bond motifs is 3. The number of halogens is 1. The van der Waals surface area contributed by atoms with Crippen LogP contribution in [0.1, 0.15) is 48.2 Å². The molecule has 598 valence electrons. The molecule has 0 bridgehead atoms. The predicted octanol–water partition coefficient (Wildman–Crippen LogP) is 17.3. The Kier molecular flexibility index (Phi) is 27.5. The number of H-pyrrole nitrogens is 2. The lowest BCUT2D eigenvalue weighted by molar-refractivity contribution is -0.114. The molecule has 5 amide bonds. The van der Waals surface area contributed by atoms with Gasteiger partial charge in [0.15, 0.2) is 5.78 Å². The Morgan fingerprint density at radius 2 is 1.09 bits per heavy atom. The average molecular weight is 1630 g/mol. The molecule has 27 nitrogen and oxygen atoms in total. The second-order valence-corrected chi connectivity index (χ2v) is 29.2. The van der Waals surface area contributed by atoms with Crippen LogP contribution in [0.4, 0.5) is 69.0 Å². The van der Waals surface area contributed by atoms with Gasteiger partial charge in [-0.25, -0.2) is 34.9 Å². The lowest BCUT2D eigenvalue weighted by atomic mass is 10.0. The number of aromatic amines is 2. The molecule has 15 rings (SSSR count). The molecule has 6 aromatic heterocycles. The third-order valence-electron chi connectivity index (χ3n) is 18.1. The summed E-state index contributed by atoms with van der Waals surface area (Å²) in [5.74, 6) is -0.753. The van der Waals surface area contributed by atoms with Gasteiger partial charge in [-0.2, -0.15) is 5.26 Å². The smallest absolute Gasteiger partial charge is 0.255 e. The Bertz CT molecular complexity index is 6140. The number of amides is 5. The molecule has 2 atom stereocenters. The highest BCUT2D eigenvalue weighted by molar-refractivity contribution is 8.00. The molecule has 0 aliphatic carbocycles. The Balaban J connectivity index is 0.000000156. The number of hydrogen-bond acceptors (Lipinski definition) is 21. The van der Waals surface area contributed by atoms with Crippen molar-refractivity contribution in [3.05, 3.63) is 325 Å². The fourth-order valence-corrected chi connectivity index (χ4v) is 13.6. The van der Waals surface area contributed by atoms with Crippen molar-refractivity contribution < 1.29 is 28.8 Å². The van der Waals surface area contributed by atoms with Crippen molar-refractivity contribution in [3.8, 4) is 28.6 Å². The number of nitrogens with one attached hydrogen (secondary N) is 11. The summed E-state index contributed by atoms with van der Waals surface area (Å²) in [6.07, 6.45) is 18.5. The summed E-state index contributed by atoms with van der Waals surface area (Å²) in [7, 11) is 7.72. The minimum absolute atomic E-state index is 0.00858. The summed E-state index contributed by atoms with van der Waals surface area (Å²) in [4.78, 5) is 117. The highest BCUT2D eigenvalue weighted by atomic mass is 35.5. The van der Waals surface area contributed by atoms with Crippen molar-refractivity contribution in [1.82, 2.24) is 54.7 Å². The van der Waals surface area contributed by atoms with Crippen molar-refractivity contribution in [2.24, 2.45) is 0 Å². The summed E-state index contributed by atoms with van der Waals surface area (Å²) in [5.41, 5.74) is 13.8. The Morgan fingerprint density at radius 3 is 1.70 bits per heavy atom. The minimum atomic E-state index is -0.482. The Labute approximate surface area is 700 Å². The van der Waals surface area contributed by atoms with Gasteiger partial charge < -0.3 is 67.6 Å². The number of benzene rings is 8. The summed E-state index contributed by atoms with van der Waals surface area (Å²) in [6, 6.07) is 67.9. The fourth-order valence-electron chi connectivity index (χ4n) is 12.2. The summed E-state index contributed by atoms with van der Waals surface area (Å²) in [5, 5.41) is 39.3. The van der Waals surface area contributed by atoms with Crippen molar-refractivity contribution in [2.75, 3.05) is 89.1 Å². The van der Waals surface area contributed by atoms with E-state index >= 15 is 0 Å². The molecule has 0 fully saturated rings. The van der Waals surface area contributed by atoms with Gasteiger partial charge in [0.1, 0.15) is 11.6 Å². The number of para-hydroxylation sites is 2. The minimum Gasteiger partial charge on any atom is -0.371 e. The zero-order valence-corrected chi connectivity index (χ0v) is 66.9. The second kappa shape index (κ2) is 39.8. The molecule has 14 aromatic rings. The average Bonchev–Trinajstić information content (AvgIpc) is 1.64. The van der Waals surface area contributed by atoms with E-state index in [1.807, 2.05) is 154 Å². The number of pyridine rings is 1. The summed E-state index contributed by atoms with van der Waals surface area (Å²) >= 11 is 8.06. The number of likely N-dealkylation sites (N-methyl/N-ethyl adjacent to an activating group) is 2. The van der Waals surface area contributed by atoms with Gasteiger partial charge in [0.25, 0.3) is 17.7 Å². The molecule has 120 heavy (non-hydrogen) atoms. The number of anilines is 12. The number of thioether (sulfide) groups is 1. The number of ketones is 1. The molecule has 7 heterocycles. The number of carbonyl (C=O) groups is 6. The van der Waals surface area contributed by atoms with Gasteiger partial charge in [-0.15, -0.1) is 0 Å². The number of nitriles is 1. The number of allylic oxidation sites excluding steroid dienone is 1. The van der Waals surface area contributed by atoms with Gasteiger partial charge in [0, 0.05) is 157 Å². The normalized spacial score (nSPS) is 12.2.